The van der Waals surface area contributed by atoms with Crippen molar-refractivity contribution in [3.05, 3.63) is 48.7 Å². The fourth-order valence-electron chi connectivity index (χ4n) is 2.15. The Morgan fingerprint density at radius 2 is 1.78 bits per heavy atom. The van der Waals surface area contributed by atoms with Gasteiger partial charge in [-0.15, -0.1) is 11.3 Å². The van der Waals surface area contributed by atoms with Crippen molar-refractivity contribution in [2.45, 2.75) is 0 Å². The smallest absolute Gasteiger partial charge is 0.125 e. The van der Waals surface area contributed by atoms with Crippen molar-refractivity contribution >= 4 is 27.2 Å². The van der Waals surface area contributed by atoms with Gasteiger partial charge in [0.25, 0.3) is 0 Å². The van der Waals surface area contributed by atoms with Gasteiger partial charge in [-0.3, -0.25) is 0 Å². The molecule has 0 radical (unpaired) electrons. The molecule has 3 aromatic rings. The number of aromatic nitrogens is 1. The first kappa shape index (κ1) is 11.2. The Kier molecular flexibility index (Phi) is 2.76. The minimum Gasteiger partial charge on any atom is -0.376 e. The van der Waals surface area contributed by atoms with Crippen LogP contribution in [-0.2, 0) is 0 Å². The molecule has 3 heteroatoms. The maximum atomic E-state index is 4.46. The van der Waals surface area contributed by atoms with Crippen LogP contribution in [0.4, 0.5) is 5.69 Å². The first-order chi connectivity index (χ1) is 8.77. The van der Waals surface area contributed by atoms with E-state index in [1.54, 1.807) is 11.3 Å². The number of nitrogens with zero attached hydrogens (tertiary/aromatic N) is 2. The Hall–Kier alpha value is -1.87. The van der Waals surface area contributed by atoms with Crippen molar-refractivity contribution < 1.29 is 0 Å². The van der Waals surface area contributed by atoms with Crippen molar-refractivity contribution in [2.24, 2.45) is 0 Å². The van der Waals surface area contributed by atoms with Crippen LogP contribution < -0.4 is 4.90 Å². The lowest BCUT2D eigenvalue weighted by molar-refractivity contribution is 1.15. The largest absolute Gasteiger partial charge is 0.376 e. The fraction of sp³-hybridized carbons (Fsp3) is 0.133. The Morgan fingerprint density at radius 3 is 2.50 bits per heavy atom. The summed E-state index contributed by atoms with van der Waals surface area (Å²) in [5.41, 5.74) is 2.51. The van der Waals surface area contributed by atoms with E-state index in [1.807, 2.05) is 18.3 Å². The number of fused-ring (bicyclic) bond motifs is 1. The third kappa shape index (κ3) is 1.77. The van der Waals surface area contributed by atoms with Gasteiger partial charge in [-0.25, -0.2) is 4.98 Å². The highest BCUT2D eigenvalue weighted by Crippen LogP contribution is 2.42. The molecule has 2 nitrogen and oxygen atoms in total. The number of hydrogen-bond donors (Lipinski definition) is 0. The van der Waals surface area contributed by atoms with Crippen molar-refractivity contribution in [1.29, 1.82) is 0 Å². The average Bonchev–Trinajstić information content (AvgIpc) is 2.79. The summed E-state index contributed by atoms with van der Waals surface area (Å²) in [6, 6.07) is 14.6. The quantitative estimate of drug-likeness (QED) is 0.686. The molecule has 0 spiro atoms. The summed E-state index contributed by atoms with van der Waals surface area (Å²) >= 11 is 1.75. The molecule has 0 fully saturated rings. The third-order valence-corrected chi connectivity index (χ3v) is 4.08. The molecule has 3 rings (SSSR count). The lowest BCUT2D eigenvalue weighted by atomic mass is 10.1. The van der Waals surface area contributed by atoms with E-state index in [-0.39, 0.29) is 0 Å². The van der Waals surface area contributed by atoms with E-state index < -0.39 is 0 Å². The molecule has 0 unspecified atom stereocenters. The minimum absolute atomic E-state index is 1.10. The Bertz CT molecular complexity index is 671. The van der Waals surface area contributed by atoms with Crippen LogP contribution in [0.1, 0.15) is 0 Å². The second kappa shape index (κ2) is 4.42. The van der Waals surface area contributed by atoms with Gasteiger partial charge in [0.05, 0.1) is 10.6 Å². The molecule has 2 aromatic heterocycles. The molecule has 0 bridgehead atoms. The molecule has 90 valence electrons. The van der Waals surface area contributed by atoms with E-state index in [0.717, 1.165) is 4.83 Å². The monoisotopic (exact) mass is 254 g/mol. The van der Waals surface area contributed by atoms with E-state index in [4.69, 9.17) is 0 Å². The van der Waals surface area contributed by atoms with Gasteiger partial charge in [-0.05, 0) is 17.7 Å². The van der Waals surface area contributed by atoms with Gasteiger partial charge in [-0.1, -0.05) is 30.3 Å². The summed E-state index contributed by atoms with van der Waals surface area (Å²) in [4.78, 5) is 9.02. The van der Waals surface area contributed by atoms with Crippen LogP contribution in [0.25, 0.3) is 20.7 Å². The SMILES string of the molecule is CN(C)c1c(-c2ccccc2)sc2ncccc12. The molecule has 0 aliphatic rings. The van der Waals surface area contributed by atoms with E-state index in [2.05, 4.69) is 54.3 Å². The van der Waals surface area contributed by atoms with Crippen LogP contribution in [0.3, 0.4) is 0 Å². The van der Waals surface area contributed by atoms with Crippen LogP contribution >= 0.6 is 11.3 Å². The zero-order valence-corrected chi connectivity index (χ0v) is 11.2. The molecule has 0 atom stereocenters. The average molecular weight is 254 g/mol. The topological polar surface area (TPSA) is 16.1 Å². The van der Waals surface area contributed by atoms with E-state index in [0.29, 0.717) is 0 Å². The summed E-state index contributed by atoms with van der Waals surface area (Å²) < 4.78 is 0. The number of rotatable bonds is 2. The van der Waals surface area contributed by atoms with Crippen molar-refractivity contribution in [3.63, 3.8) is 0 Å². The number of benzene rings is 1. The van der Waals surface area contributed by atoms with Gasteiger partial charge in [0.2, 0.25) is 0 Å². The fourth-order valence-corrected chi connectivity index (χ4v) is 3.37. The maximum Gasteiger partial charge on any atom is 0.125 e. The number of pyridine rings is 1. The molecule has 0 amide bonds. The van der Waals surface area contributed by atoms with Crippen LogP contribution in [0.2, 0.25) is 0 Å². The summed E-state index contributed by atoms with van der Waals surface area (Å²) in [5, 5.41) is 1.23. The predicted octanol–water partition coefficient (Wildman–Crippen LogP) is 4.03. The molecule has 0 saturated heterocycles. The van der Waals surface area contributed by atoms with Gasteiger partial charge in [0.15, 0.2) is 0 Å². The summed E-state index contributed by atoms with van der Waals surface area (Å²) in [6.07, 6.45) is 1.85. The minimum atomic E-state index is 1.10. The van der Waals surface area contributed by atoms with Crippen LogP contribution in [-0.4, -0.2) is 19.1 Å². The lowest BCUT2D eigenvalue weighted by Crippen LogP contribution is -2.08. The van der Waals surface area contributed by atoms with Crippen LogP contribution in [0, 0.1) is 0 Å². The number of thiophene rings is 1. The first-order valence-electron chi connectivity index (χ1n) is 5.87. The molecule has 2 heterocycles. The summed E-state index contributed by atoms with van der Waals surface area (Å²) in [5.74, 6) is 0. The molecule has 1 aromatic carbocycles. The molecular weight excluding hydrogens is 240 g/mol. The Labute approximate surface area is 111 Å². The Balaban J connectivity index is 2.32. The molecule has 0 aliphatic carbocycles. The van der Waals surface area contributed by atoms with Gasteiger partial charge >= 0.3 is 0 Å². The van der Waals surface area contributed by atoms with Crippen LogP contribution in [0.5, 0.6) is 0 Å². The standard InChI is InChI=1S/C15H14N2S/c1-17(2)13-12-9-6-10-16-15(12)18-14(13)11-7-4-3-5-8-11/h3-10H,1-2H3. The Morgan fingerprint density at radius 1 is 1.00 bits per heavy atom. The zero-order valence-electron chi connectivity index (χ0n) is 10.4. The van der Waals surface area contributed by atoms with Crippen molar-refractivity contribution in [1.82, 2.24) is 4.98 Å². The highest BCUT2D eigenvalue weighted by molar-refractivity contribution is 7.22. The highest BCUT2D eigenvalue weighted by Gasteiger charge is 2.15. The van der Waals surface area contributed by atoms with Crippen LogP contribution in [0.15, 0.2) is 48.7 Å². The molecule has 0 saturated carbocycles. The predicted molar refractivity (Wildman–Crippen MR) is 79.4 cm³/mol. The molecule has 18 heavy (non-hydrogen) atoms. The second-order valence-corrected chi connectivity index (χ2v) is 5.40. The maximum absolute atomic E-state index is 4.46. The first-order valence-corrected chi connectivity index (χ1v) is 6.69. The van der Waals surface area contributed by atoms with Gasteiger partial charge in [-0.2, -0.15) is 0 Å². The van der Waals surface area contributed by atoms with E-state index in [9.17, 15) is 0 Å². The lowest BCUT2D eigenvalue weighted by Gasteiger charge is -2.14. The summed E-state index contributed by atoms with van der Waals surface area (Å²) in [7, 11) is 4.17. The third-order valence-electron chi connectivity index (χ3n) is 2.92. The van der Waals surface area contributed by atoms with Crippen molar-refractivity contribution in [3.8, 4) is 10.4 Å². The van der Waals surface area contributed by atoms with E-state index in [1.165, 1.54) is 21.5 Å². The molecular formula is C15H14N2S. The highest BCUT2D eigenvalue weighted by atomic mass is 32.1. The number of hydrogen-bond acceptors (Lipinski definition) is 3. The number of anilines is 1. The van der Waals surface area contributed by atoms with Crippen molar-refractivity contribution in [2.75, 3.05) is 19.0 Å². The molecule has 0 aliphatic heterocycles. The van der Waals surface area contributed by atoms with Gasteiger partial charge in [0.1, 0.15) is 4.83 Å². The van der Waals surface area contributed by atoms with Gasteiger partial charge < -0.3 is 4.90 Å². The zero-order chi connectivity index (χ0) is 12.5. The normalized spacial score (nSPS) is 10.8. The molecule has 0 N–H and O–H groups in total. The second-order valence-electron chi connectivity index (χ2n) is 4.40. The van der Waals surface area contributed by atoms with Gasteiger partial charge in [0, 0.05) is 25.7 Å². The summed E-state index contributed by atoms with van der Waals surface area (Å²) in [6.45, 7) is 0. The van der Waals surface area contributed by atoms with E-state index >= 15 is 0 Å².